The van der Waals surface area contributed by atoms with Crippen molar-refractivity contribution in [1.82, 2.24) is 4.90 Å². The summed E-state index contributed by atoms with van der Waals surface area (Å²) >= 11 is 0. The van der Waals surface area contributed by atoms with Crippen LogP contribution in [-0.4, -0.2) is 24.0 Å². The largest absolute Gasteiger partial charge is 0.416 e. The van der Waals surface area contributed by atoms with E-state index in [1.54, 1.807) is 6.07 Å². The van der Waals surface area contributed by atoms with Crippen LogP contribution >= 0.6 is 0 Å². The van der Waals surface area contributed by atoms with Gasteiger partial charge < -0.3 is 5.73 Å². The molecular weight excluding hydrogens is 265 g/mol. The first-order valence-corrected chi connectivity index (χ1v) is 7.06. The van der Waals surface area contributed by atoms with E-state index in [0.29, 0.717) is 12.1 Å². The van der Waals surface area contributed by atoms with E-state index in [-0.39, 0.29) is 12.1 Å². The number of hydrogen-bond acceptors (Lipinski definition) is 2. The third kappa shape index (κ3) is 3.33. The molecule has 0 saturated carbocycles. The average molecular weight is 286 g/mol. The molecule has 2 nitrogen and oxygen atoms in total. The van der Waals surface area contributed by atoms with E-state index in [1.165, 1.54) is 12.1 Å². The lowest BCUT2D eigenvalue weighted by Gasteiger charge is -2.39. The summed E-state index contributed by atoms with van der Waals surface area (Å²) in [7, 11) is 0. The van der Waals surface area contributed by atoms with Crippen molar-refractivity contribution >= 4 is 0 Å². The van der Waals surface area contributed by atoms with Gasteiger partial charge in [-0.3, -0.25) is 4.90 Å². The zero-order valence-electron chi connectivity index (χ0n) is 11.7. The van der Waals surface area contributed by atoms with Gasteiger partial charge in [-0.2, -0.15) is 13.2 Å². The summed E-state index contributed by atoms with van der Waals surface area (Å²) < 4.78 is 38.3. The van der Waals surface area contributed by atoms with Crippen LogP contribution in [0.5, 0.6) is 0 Å². The van der Waals surface area contributed by atoms with E-state index in [9.17, 15) is 13.2 Å². The van der Waals surface area contributed by atoms with Gasteiger partial charge in [-0.25, -0.2) is 0 Å². The van der Waals surface area contributed by atoms with Crippen LogP contribution in [0.4, 0.5) is 13.2 Å². The summed E-state index contributed by atoms with van der Waals surface area (Å²) in [5, 5.41) is 0. The van der Waals surface area contributed by atoms with E-state index in [2.05, 4.69) is 4.90 Å². The Labute approximate surface area is 117 Å². The first kappa shape index (κ1) is 15.3. The minimum Gasteiger partial charge on any atom is -0.329 e. The van der Waals surface area contributed by atoms with E-state index in [4.69, 9.17) is 5.73 Å². The lowest BCUT2D eigenvalue weighted by molar-refractivity contribution is -0.137. The highest BCUT2D eigenvalue weighted by Gasteiger charge is 2.32. The zero-order valence-corrected chi connectivity index (χ0v) is 11.7. The Hall–Kier alpha value is -1.07. The molecule has 2 unspecified atom stereocenters. The molecule has 1 fully saturated rings. The van der Waals surface area contributed by atoms with Crippen LogP contribution in [0, 0.1) is 0 Å². The maximum Gasteiger partial charge on any atom is 0.416 e. The molecule has 1 aliphatic rings. The predicted octanol–water partition coefficient (Wildman–Crippen LogP) is 3.58. The van der Waals surface area contributed by atoms with Gasteiger partial charge in [-0.05, 0) is 44.0 Å². The molecular formula is C15H21F3N2. The molecule has 0 bridgehead atoms. The Balaban J connectivity index is 2.21. The summed E-state index contributed by atoms with van der Waals surface area (Å²) in [6, 6.07) is 5.86. The fourth-order valence-electron chi connectivity index (χ4n) is 2.95. The Morgan fingerprint density at radius 1 is 1.35 bits per heavy atom. The van der Waals surface area contributed by atoms with Gasteiger partial charge in [0.05, 0.1) is 5.56 Å². The van der Waals surface area contributed by atoms with Gasteiger partial charge in [0.2, 0.25) is 0 Å². The van der Waals surface area contributed by atoms with Gasteiger partial charge in [0.15, 0.2) is 0 Å². The van der Waals surface area contributed by atoms with Crippen LogP contribution in [0.25, 0.3) is 0 Å². The van der Waals surface area contributed by atoms with Crippen molar-refractivity contribution in [3.05, 3.63) is 35.4 Å². The van der Waals surface area contributed by atoms with Crippen molar-refractivity contribution in [2.24, 2.45) is 5.73 Å². The first-order valence-electron chi connectivity index (χ1n) is 7.06. The van der Waals surface area contributed by atoms with Gasteiger partial charge in [0.1, 0.15) is 0 Å². The van der Waals surface area contributed by atoms with Crippen LogP contribution in [-0.2, 0) is 6.18 Å². The number of halogens is 3. The molecule has 1 heterocycles. The number of likely N-dealkylation sites (tertiary alicyclic amines) is 1. The number of alkyl halides is 3. The van der Waals surface area contributed by atoms with Gasteiger partial charge >= 0.3 is 6.18 Å². The van der Waals surface area contributed by atoms with Crippen molar-refractivity contribution in [2.75, 3.05) is 13.1 Å². The van der Waals surface area contributed by atoms with Crippen LogP contribution in [0.3, 0.4) is 0 Å². The second-order valence-electron chi connectivity index (χ2n) is 5.42. The summed E-state index contributed by atoms with van der Waals surface area (Å²) in [5.74, 6) is 0. The van der Waals surface area contributed by atoms with Gasteiger partial charge in [-0.1, -0.05) is 18.6 Å². The molecule has 1 aromatic carbocycles. The molecule has 0 aromatic heterocycles. The maximum absolute atomic E-state index is 12.8. The fraction of sp³-hybridized carbons (Fsp3) is 0.600. The first-order chi connectivity index (χ1) is 9.43. The lowest BCUT2D eigenvalue weighted by Crippen LogP contribution is -2.45. The highest BCUT2D eigenvalue weighted by molar-refractivity contribution is 5.28. The summed E-state index contributed by atoms with van der Waals surface area (Å²) in [4.78, 5) is 2.24. The van der Waals surface area contributed by atoms with Gasteiger partial charge in [0, 0.05) is 18.6 Å². The van der Waals surface area contributed by atoms with Crippen molar-refractivity contribution in [3.8, 4) is 0 Å². The van der Waals surface area contributed by atoms with E-state index < -0.39 is 11.7 Å². The molecule has 2 atom stereocenters. The smallest absolute Gasteiger partial charge is 0.329 e. The molecule has 20 heavy (non-hydrogen) atoms. The molecule has 112 valence electrons. The molecule has 0 aliphatic carbocycles. The van der Waals surface area contributed by atoms with Crippen LogP contribution in [0.2, 0.25) is 0 Å². The van der Waals surface area contributed by atoms with Crippen LogP contribution in [0.1, 0.15) is 43.4 Å². The molecule has 1 saturated heterocycles. The third-order valence-electron chi connectivity index (χ3n) is 4.14. The van der Waals surface area contributed by atoms with Crippen molar-refractivity contribution < 1.29 is 13.2 Å². The Bertz CT molecular complexity index is 445. The molecule has 0 spiro atoms. The number of piperidine rings is 1. The van der Waals surface area contributed by atoms with Gasteiger partial charge in [-0.15, -0.1) is 0 Å². The van der Waals surface area contributed by atoms with Gasteiger partial charge in [0.25, 0.3) is 0 Å². The van der Waals surface area contributed by atoms with Crippen LogP contribution < -0.4 is 5.73 Å². The molecule has 2 rings (SSSR count). The molecule has 1 aliphatic heterocycles. The summed E-state index contributed by atoms with van der Waals surface area (Å²) in [5.41, 5.74) is 5.92. The average Bonchev–Trinajstić information content (AvgIpc) is 2.45. The molecule has 0 radical (unpaired) electrons. The van der Waals surface area contributed by atoms with E-state index in [1.807, 2.05) is 6.92 Å². The normalized spacial score (nSPS) is 22.8. The Morgan fingerprint density at radius 2 is 2.10 bits per heavy atom. The van der Waals surface area contributed by atoms with Crippen molar-refractivity contribution in [1.29, 1.82) is 0 Å². The number of nitrogens with two attached hydrogens (primary N) is 1. The second kappa shape index (κ2) is 6.14. The highest BCUT2D eigenvalue weighted by atomic mass is 19.4. The standard InChI is InChI=1S/C15H21F3N2/c1-11(20-8-3-2-7-14(20)10-19)12-5-4-6-13(9-12)15(16,17)18/h4-6,9,11,14H,2-3,7-8,10,19H2,1H3. The zero-order chi connectivity index (χ0) is 14.8. The Morgan fingerprint density at radius 3 is 2.75 bits per heavy atom. The number of hydrogen-bond donors (Lipinski definition) is 1. The van der Waals surface area contributed by atoms with Crippen molar-refractivity contribution in [2.45, 2.75) is 44.4 Å². The lowest BCUT2D eigenvalue weighted by atomic mass is 9.96. The third-order valence-corrected chi connectivity index (χ3v) is 4.14. The van der Waals surface area contributed by atoms with Crippen LogP contribution in [0.15, 0.2) is 24.3 Å². The SMILES string of the molecule is CC(c1cccc(C(F)(F)F)c1)N1CCCCC1CN. The molecule has 2 N–H and O–H groups in total. The molecule has 5 heteroatoms. The molecule has 1 aromatic rings. The second-order valence-corrected chi connectivity index (χ2v) is 5.42. The van der Waals surface area contributed by atoms with Crippen molar-refractivity contribution in [3.63, 3.8) is 0 Å². The van der Waals surface area contributed by atoms with E-state index in [0.717, 1.165) is 31.9 Å². The summed E-state index contributed by atoms with van der Waals surface area (Å²) in [6.07, 6.45) is -1.03. The topological polar surface area (TPSA) is 29.3 Å². The minimum absolute atomic E-state index is 0.0360. The number of nitrogens with zero attached hydrogens (tertiary/aromatic N) is 1. The minimum atomic E-state index is -4.29. The number of rotatable bonds is 3. The predicted molar refractivity (Wildman–Crippen MR) is 73.3 cm³/mol. The Kier molecular flexibility index (Phi) is 4.70. The molecule has 0 amide bonds. The summed E-state index contributed by atoms with van der Waals surface area (Å²) in [6.45, 7) is 3.42. The maximum atomic E-state index is 12.8. The van der Waals surface area contributed by atoms with E-state index >= 15 is 0 Å². The monoisotopic (exact) mass is 286 g/mol. The highest BCUT2D eigenvalue weighted by Crippen LogP contribution is 2.33. The fourth-order valence-corrected chi connectivity index (χ4v) is 2.95. The quantitative estimate of drug-likeness (QED) is 0.920. The number of benzene rings is 1.